The van der Waals surface area contributed by atoms with E-state index in [1.165, 1.54) is 5.56 Å². The van der Waals surface area contributed by atoms with Crippen LogP contribution in [0.2, 0.25) is 0 Å². The molecule has 1 unspecified atom stereocenters. The maximum Gasteiger partial charge on any atom is 0.0968 e. The summed E-state index contributed by atoms with van der Waals surface area (Å²) < 4.78 is 0. The number of aliphatic hydroxyl groups excluding tert-OH is 1. The van der Waals surface area contributed by atoms with Crippen molar-refractivity contribution in [3.63, 3.8) is 0 Å². The van der Waals surface area contributed by atoms with Gasteiger partial charge in [0.05, 0.1) is 6.10 Å². The van der Waals surface area contributed by atoms with Crippen LogP contribution in [0.3, 0.4) is 0 Å². The van der Waals surface area contributed by atoms with Gasteiger partial charge in [-0.1, -0.05) is 38.1 Å². The molecule has 0 fully saturated rings. The summed E-state index contributed by atoms with van der Waals surface area (Å²) in [6.45, 7) is 8.55. The summed E-state index contributed by atoms with van der Waals surface area (Å²) in [5.41, 5.74) is 2.04. The molecule has 1 aromatic rings. The van der Waals surface area contributed by atoms with E-state index in [9.17, 15) is 5.11 Å². The van der Waals surface area contributed by atoms with Gasteiger partial charge in [-0.3, -0.25) is 0 Å². The van der Waals surface area contributed by atoms with Gasteiger partial charge in [-0.15, -0.1) is 0 Å². The van der Waals surface area contributed by atoms with Crippen molar-refractivity contribution < 1.29 is 5.11 Å². The van der Waals surface area contributed by atoms with Crippen molar-refractivity contribution in [3.8, 4) is 0 Å². The summed E-state index contributed by atoms with van der Waals surface area (Å²) in [6, 6.07) is 8.33. The second-order valence-corrected chi connectivity index (χ2v) is 6.29. The fraction of sp³-hybridized carbons (Fsp3) is 0.625. The maximum atomic E-state index is 10.5. The molecular weight excluding hydrogens is 222 g/mol. The number of rotatable bonds is 5. The van der Waals surface area contributed by atoms with Gasteiger partial charge in [-0.05, 0) is 51.4 Å². The lowest BCUT2D eigenvalue weighted by Gasteiger charge is -2.37. The predicted molar refractivity (Wildman–Crippen MR) is 77.7 cm³/mol. The molecular formula is C16H27NO. The molecule has 0 heterocycles. The van der Waals surface area contributed by atoms with Crippen molar-refractivity contribution in [2.45, 2.75) is 45.8 Å². The van der Waals surface area contributed by atoms with E-state index in [4.69, 9.17) is 0 Å². The van der Waals surface area contributed by atoms with Crippen LogP contribution in [0.25, 0.3) is 0 Å². The van der Waals surface area contributed by atoms with Crippen LogP contribution in [0, 0.1) is 5.92 Å². The average Bonchev–Trinajstić information content (AvgIpc) is 2.27. The van der Waals surface area contributed by atoms with Gasteiger partial charge in [0.15, 0.2) is 0 Å². The van der Waals surface area contributed by atoms with Crippen LogP contribution < -0.4 is 0 Å². The van der Waals surface area contributed by atoms with E-state index in [0.29, 0.717) is 5.92 Å². The van der Waals surface area contributed by atoms with Crippen molar-refractivity contribution >= 4 is 0 Å². The van der Waals surface area contributed by atoms with E-state index < -0.39 is 6.10 Å². The molecule has 18 heavy (non-hydrogen) atoms. The SMILES string of the molecule is CC(C)Cc1cccc(C(O)C(C)(C)N(C)C)c1. The molecule has 1 aromatic carbocycles. The highest BCUT2D eigenvalue weighted by Crippen LogP contribution is 2.29. The Morgan fingerprint density at radius 3 is 2.33 bits per heavy atom. The van der Waals surface area contributed by atoms with Crippen LogP contribution in [-0.4, -0.2) is 29.6 Å². The minimum Gasteiger partial charge on any atom is -0.386 e. The first-order valence-corrected chi connectivity index (χ1v) is 6.69. The lowest BCUT2D eigenvalue weighted by atomic mass is 9.88. The van der Waals surface area contributed by atoms with Crippen LogP contribution in [0.15, 0.2) is 24.3 Å². The fourth-order valence-corrected chi connectivity index (χ4v) is 2.01. The Bertz CT molecular complexity index is 382. The molecule has 0 radical (unpaired) electrons. The lowest BCUT2D eigenvalue weighted by Crippen LogP contribution is -2.43. The molecule has 1 N–H and O–H groups in total. The van der Waals surface area contributed by atoms with Crippen molar-refractivity contribution in [1.29, 1.82) is 0 Å². The fourth-order valence-electron chi connectivity index (χ4n) is 2.01. The Balaban J connectivity index is 2.96. The van der Waals surface area contributed by atoms with Gasteiger partial charge in [0, 0.05) is 5.54 Å². The topological polar surface area (TPSA) is 23.5 Å². The maximum absolute atomic E-state index is 10.5. The largest absolute Gasteiger partial charge is 0.386 e. The van der Waals surface area contributed by atoms with Crippen molar-refractivity contribution in [3.05, 3.63) is 35.4 Å². The molecule has 0 aliphatic rings. The molecule has 0 bridgehead atoms. The third-order valence-electron chi connectivity index (χ3n) is 3.73. The zero-order valence-corrected chi connectivity index (χ0v) is 12.6. The summed E-state index contributed by atoms with van der Waals surface area (Å²) in [7, 11) is 4.00. The van der Waals surface area contributed by atoms with Crippen molar-refractivity contribution in [1.82, 2.24) is 4.90 Å². The zero-order chi connectivity index (χ0) is 13.9. The van der Waals surface area contributed by atoms with E-state index in [-0.39, 0.29) is 5.54 Å². The first-order valence-electron chi connectivity index (χ1n) is 6.69. The van der Waals surface area contributed by atoms with E-state index in [1.807, 2.05) is 26.2 Å². The van der Waals surface area contributed by atoms with Crippen LogP contribution >= 0.6 is 0 Å². The van der Waals surface area contributed by atoms with E-state index in [0.717, 1.165) is 12.0 Å². The predicted octanol–water partition coefficient (Wildman–Crippen LogP) is 3.26. The Labute approximate surface area is 112 Å². The molecule has 0 aromatic heterocycles. The standard InChI is InChI=1S/C16H27NO/c1-12(2)10-13-8-7-9-14(11-13)15(18)16(3,4)17(5)6/h7-9,11-12,15,18H,10H2,1-6H3. The second-order valence-electron chi connectivity index (χ2n) is 6.29. The highest BCUT2D eigenvalue weighted by molar-refractivity contribution is 5.27. The number of nitrogens with zero attached hydrogens (tertiary/aromatic N) is 1. The van der Waals surface area contributed by atoms with Crippen LogP contribution in [0.1, 0.15) is 44.9 Å². The zero-order valence-electron chi connectivity index (χ0n) is 12.6. The van der Waals surface area contributed by atoms with Crippen LogP contribution in [0.5, 0.6) is 0 Å². The van der Waals surface area contributed by atoms with Gasteiger partial charge in [0.25, 0.3) is 0 Å². The molecule has 0 amide bonds. The normalized spacial score (nSPS) is 14.3. The number of aliphatic hydroxyl groups is 1. The third-order valence-corrected chi connectivity index (χ3v) is 3.73. The van der Waals surface area contributed by atoms with Crippen molar-refractivity contribution in [2.75, 3.05) is 14.1 Å². The van der Waals surface area contributed by atoms with Gasteiger partial charge in [0.2, 0.25) is 0 Å². The highest BCUT2D eigenvalue weighted by Gasteiger charge is 2.31. The molecule has 102 valence electrons. The van der Waals surface area contributed by atoms with Gasteiger partial charge in [-0.25, -0.2) is 0 Å². The Morgan fingerprint density at radius 2 is 1.83 bits per heavy atom. The minimum absolute atomic E-state index is 0.267. The smallest absolute Gasteiger partial charge is 0.0968 e. The number of hydrogen-bond acceptors (Lipinski definition) is 2. The number of benzene rings is 1. The monoisotopic (exact) mass is 249 g/mol. The van der Waals surface area contributed by atoms with Gasteiger partial charge in [-0.2, -0.15) is 0 Å². The number of hydrogen-bond donors (Lipinski definition) is 1. The van der Waals surface area contributed by atoms with Gasteiger partial charge >= 0.3 is 0 Å². The molecule has 0 saturated carbocycles. The Morgan fingerprint density at radius 1 is 1.22 bits per heavy atom. The van der Waals surface area contributed by atoms with Crippen LogP contribution in [-0.2, 0) is 6.42 Å². The molecule has 0 spiro atoms. The summed E-state index contributed by atoms with van der Waals surface area (Å²) in [5, 5.41) is 10.5. The Kier molecular flexibility index (Phi) is 4.94. The van der Waals surface area contributed by atoms with E-state index >= 15 is 0 Å². The summed E-state index contributed by atoms with van der Waals surface area (Å²) in [5.74, 6) is 0.638. The minimum atomic E-state index is -0.473. The summed E-state index contributed by atoms with van der Waals surface area (Å²) >= 11 is 0. The van der Waals surface area contributed by atoms with Crippen molar-refractivity contribution in [2.24, 2.45) is 5.92 Å². The Hall–Kier alpha value is -0.860. The van der Waals surface area contributed by atoms with Crippen LogP contribution in [0.4, 0.5) is 0 Å². The van der Waals surface area contributed by atoms with Gasteiger partial charge in [0.1, 0.15) is 0 Å². The highest BCUT2D eigenvalue weighted by atomic mass is 16.3. The third kappa shape index (κ3) is 3.56. The second kappa shape index (κ2) is 5.85. The van der Waals surface area contributed by atoms with Gasteiger partial charge < -0.3 is 10.0 Å². The summed E-state index contributed by atoms with van der Waals surface area (Å²) in [4.78, 5) is 2.06. The molecule has 1 atom stereocenters. The average molecular weight is 249 g/mol. The molecule has 1 rings (SSSR count). The summed E-state index contributed by atoms with van der Waals surface area (Å²) in [6.07, 6.45) is 0.586. The lowest BCUT2D eigenvalue weighted by molar-refractivity contribution is 0.0163. The molecule has 0 aliphatic heterocycles. The quantitative estimate of drug-likeness (QED) is 0.866. The molecule has 2 nitrogen and oxygen atoms in total. The first-order chi connectivity index (χ1) is 8.25. The van der Waals surface area contributed by atoms with E-state index in [1.54, 1.807) is 0 Å². The van der Waals surface area contributed by atoms with E-state index in [2.05, 4.69) is 44.7 Å². The first kappa shape index (κ1) is 15.2. The molecule has 2 heteroatoms. The molecule has 0 saturated heterocycles. The number of likely N-dealkylation sites (N-methyl/N-ethyl adjacent to an activating group) is 1. The molecule has 0 aliphatic carbocycles.